The zero-order valence-corrected chi connectivity index (χ0v) is 6.34. The van der Waals surface area contributed by atoms with E-state index in [0.717, 1.165) is 0 Å². The molecule has 0 unspecified atom stereocenters. The molecule has 0 bridgehead atoms. The van der Waals surface area contributed by atoms with Crippen LogP contribution in [0, 0.1) is 0 Å². The highest BCUT2D eigenvalue weighted by atomic mass is 35.5. The summed E-state index contributed by atoms with van der Waals surface area (Å²) in [5.74, 6) is 0. The average molecular weight is 164 g/mol. The molecule has 0 aliphatic carbocycles. The summed E-state index contributed by atoms with van der Waals surface area (Å²) in [5, 5.41) is 0.579. The van der Waals surface area contributed by atoms with E-state index >= 15 is 0 Å². The molecular weight excluding hydrogens is 157 g/mol. The molecule has 0 saturated heterocycles. The molecule has 1 nitrogen and oxygen atoms in total. The van der Waals surface area contributed by atoms with Crippen molar-refractivity contribution in [2.45, 2.75) is 0 Å². The van der Waals surface area contributed by atoms with Gasteiger partial charge in [0.1, 0.15) is 0 Å². The molecule has 0 aromatic carbocycles. The number of nitrogens with two attached hydrogens (primary N) is 1. The van der Waals surface area contributed by atoms with Crippen LogP contribution in [0.4, 0.5) is 0 Å². The maximum absolute atomic E-state index is 5.52. The molecule has 0 radical (unpaired) electrons. The molecule has 0 aromatic heterocycles. The van der Waals surface area contributed by atoms with Crippen molar-refractivity contribution in [3.8, 4) is 0 Å². The Labute approximate surface area is 64.4 Å². The zero-order valence-electron chi connectivity index (χ0n) is 4.82. The van der Waals surface area contributed by atoms with Gasteiger partial charge >= 0.3 is 0 Å². The molecule has 0 amide bonds. The summed E-state index contributed by atoms with van der Waals surface area (Å²) in [4.78, 5) is 0. The minimum absolute atomic E-state index is 0.251. The second-order valence-corrected chi connectivity index (χ2v) is 2.18. The van der Waals surface area contributed by atoms with E-state index in [1.165, 1.54) is 6.08 Å². The highest BCUT2D eigenvalue weighted by Crippen LogP contribution is 2.17. The topological polar surface area (TPSA) is 26.0 Å². The van der Waals surface area contributed by atoms with Crippen LogP contribution < -0.4 is 5.73 Å². The first-order chi connectivity index (χ1) is 4.09. The van der Waals surface area contributed by atoms with Crippen molar-refractivity contribution < 1.29 is 0 Å². The Morgan fingerprint density at radius 3 is 2.00 bits per heavy atom. The summed E-state index contributed by atoms with van der Waals surface area (Å²) < 4.78 is 0. The Kier molecular flexibility index (Phi) is 3.43. The predicted octanol–water partition coefficient (Wildman–Crippen LogP) is 2.33. The van der Waals surface area contributed by atoms with Gasteiger partial charge < -0.3 is 5.73 Å². The molecule has 50 valence electrons. The third kappa shape index (κ3) is 2.59. The van der Waals surface area contributed by atoms with Gasteiger partial charge in [0.2, 0.25) is 0 Å². The maximum Gasteiger partial charge on any atom is 0.0815 e. The monoisotopic (exact) mass is 163 g/mol. The third-order valence-electron chi connectivity index (χ3n) is 0.671. The van der Waals surface area contributed by atoms with Gasteiger partial charge in [0.25, 0.3) is 0 Å². The zero-order chi connectivity index (χ0) is 7.44. The van der Waals surface area contributed by atoms with Gasteiger partial charge in [-0.05, 0) is 6.08 Å². The van der Waals surface area contributed by atoms with Crippen LogP contribution in [0.3, 0.4) is 0 Å². The lowest BCUT2D eigenvalue weighted by Gasteiger charge is -1.95. The molecule has 0 spiro atoms. The minimum atomic E-state index is 0.251. The summed E-state index contributed by atoms with van der Waals surface area (Å²) in [7, 11) is 0. The summed E-state index contributed by atoms with van der Waals surface area (Å²) >= 11 is 11.0. The Bertz CT molecular complexity index is 170. The summed E-state index contributed by atoms with van der Waals surface area (Å²) in [5.41, 5.74) is 5.45. The Morgan fingerprint density at radius 2 is 1.89 bits per heavy atom. The maximum atomic E-state index is 5.52. The van der Waals surface area contributed by atoms with Crippen LogP contribution in [0.15, 0.2) is 35.0 Å². The van der Waals surface area contributed by atoms with Gasteiger partial charge in [0.15, 0.2) is 0 Å². The van der Waals surface area contributed by atoms with Gasteiger partial charge in [-0.15, -0.1) is 0 Å². The molecule has 0 aliphatic heterocycles. The molecule has 0 rings (SSSR count). The molecule has 9 heavy (non-hydrogen) atoms. The van der Waals surface area contributed by atoms with Crippen molar-refractivity contribution in [1.82, 2.24) is 0 Å². The van der Waals surface area contributed by atoms with Gasteiger partial charge in [-0.1, -0.05) is 36.4 Å². The minimum Gasteiger partial charge on any atom is -0.398 e. The van der Waals surface area contributed by atoms with Gasteiger partial charge in [-0.3, -0.25) is 0 Å². The van der Waals surface area contributed by atoms with Gasteiger partial charge in [0.05, 0.1) is 10.1 Å². The third-order valence-corrected chi connectivity index (χ3v) is 1.56. The van der Waals surface area contributed by atoms with E-state index in [9.17, 15) is 0 Å². The molecule has 0 aromatic rings. The Balaban J connectivity index is 4.47. The average Bonchev–Trinajstić information content (AvgIpc) is 1.84. The lowest BCUT2D eigenvalue weighted by molar-refractivity contribution is 1.42. The normalized spacial score (nSPS) is 12.2. The fraction of sp³-hybridized carbons (Fsp3) is 0. The predicted molar refractivity (Wildman–Crippen MR) is 42.3 cm³/mol. The molecule has 0 saturated carbocycles. The quantitative estimate of drug-likeness (QED) is 0.622. The lowest BCUT2D eigenvalue weighted by Crippen LogP contribution is -1.94. The first kappa shape index (κ1) is 8.60. The fourth-order valence-electron chi connectivity index (χ4n) is 0.243. The smallest absolute Gasteiger partial charge is 0.0815 e. The van der Waals surface area contributed by atoms with E-state index in [-0.39, 0.29) is 10.7 Å². The van der Waals surface area contributed by atoms with E-state index in [4.69, 9.17) is 28.9 Å². The van der Waals surface area contributed by atoms with Crippen molar-refractivity contribution in [2.24, 2.45) is 5.73 Å². The first-order valence-corrected chi connectivity index (χ1v) is 2.97. The summed E-state index contributed by atoms with van der Waals surface area (Å²) in [6, 6.07) is 0. The highest BCUT2D eigenvalue weighted by molar-refractivity contribution is 6.41. The molecule has 0 aliphatic rings. The largest absolute Gasteiger partial charge is 0.398 e. The molecule has 2 N–H and O–H groups in total. The molecular formula is C6H7Cl2N. The van der Waals surface area contributed by atoms with Crippen molar-refractivity contribution in [2.75, 3.05) is 0 Å². The second kappa shape index (κ2) is 3.59. The molecule has 0 atom stereocenters. The van der Waals surface area contributed by atoms with Crippen molar-refractivity contribution >= 4 is 23.2 Å². The molecule has 0 fully saturated rings. The van der Waals surface area contributed by atoms with Crippen LogP contribution in [0.25, 0.3) is 0 Å². The van der Waals surface area contributed by atoms with Crippen LogP contribution in [0.5, 0.6) is 0 Å². The van der Waals surface area contributed by atoms with E-state index in [2.05, 4.69) is 13.2 Å². The van der Waals surface area contributed by atoms with E-state index in [1.807, 2.05) is 0 Å². The molecule has 3 heteroatoms. The standard InChI is InChI=1S/C6H7Cl2N/c1-3-5(7)6(8)4(2)9/h3H,1-2,9H2/b6-5-. The summed E-state index contributed by atoms with van der Waals surface area (Å²) in [6.45, 7) is 6.77. The highest BCUT2D eigenvalue weighted by Gasteiger charge is 1.97. The van der Waals surface area contributed by atoms with Crippen LogP contribution in [-0.2, 0) is 0 Å². The lowest BCUT2D eigenvalue weighted by atomic mass is 10.4. The van der Waals surface area contributed by atoms with E-state index < -0.39 is 0 Å². The van der Waals surface area contributed by atoms with E-state index in [0.29, 0.717) is 5.03 Å². The van der Waals surface area contributed by atoms with Crippen molar-refractivity contribution in [1.29, 1.82) is 0 Å². The van der Waals surface area contributed by atoms with Gasteiger partial charge in [-0.2, -0.15) is 0 Å². The SMILES string of the molecule is C=C/C(Cl)=C(/Cl)C(=C)N. The Morgan fingerprint density at radius 1 is 1.44 bits per heavy atom. The van der Waals surface area contributed by atoms with Crippen LogP contribution in [-0.4, -0.2) is 0 Å². The van der Waals surface area contributed by atoms with Crippen molar-refractivity contribution in [3.63, 3.8) is 0 Å². The van der Waals surface area contributed by atoms with Gasteiger partial charge in [-0.25, -0.2) is 0 Å². The molecule has 0 heterocycles. The summed E-state index contributed by atoms with van der Waals surface area (Å²) in [6.07, 6.45) is 1.40. The number of hydrogen-bond donors (Lipinski definition) is 1. The van der Waals surface area contributed by atoms with Crippen LogP contribution >= 0.6 is 23.2 Å². The number of halogens is 2. The van der Waals surface area contributed by atoms with Crippen LogP contribution in [0.1, 0.15) is 0 Å². The fourth-order valence-corrected chi connectivity index (χ4v) is 0.442. The van der Waals surface area contributed by atoms with Crippen LogP contribution in [0.2, 0.25) is 0 Å². The Hall–Kier alpha value is -0.400. The number of hydrogen-bond acceptors (Lipinski definition) is 1. The first-order valence-electron chi connectivity index (χ1n) is 2.22. The number of rotatable bonds is 2. The van der Waals surface area contributed by atoms with E-state index in [1.54, 1.807) is 0 Å². The second-order valence-electron chi connectivity index (χ2n) is 1.39. The van der Waals surface area contributed by atoms with Gasteiger partial charge in [0, 0.05) is 5.70 Å². The number of allylic oxidation sites excluding steroid dienone is 3. The van der Waals surface area contributed by atoms with Crippen molar-refractivity contribution in [3.05, 3.63) is 35.0 Å².